The van der Waals surface area contributed by atoms with E-state index in [-0.39, 0.29) is 12.5 Å². The van der Waals surface area contributed by atoms with Crippen molar-refractivity contribution in [2.75, 3.05) is 12.3 Å². The van der Waals surface area contributed by atoms with E-state index in [0.717, 1.165) is 6.20 Å². The van der Waals surface area contributed by atoms with E-state index in [1.54, 1.807) is 6.92 Å². The zero-order valence-electron chi connectivity index (χ0n) is 7.30. The van der Waals surface area contributed by atoms with Crippen molar-refractivity contribution >= 4 is 5.82 Å². The predicted molar refractivity (Wildman–Crippen MR) is 42.6 cm³/mol. The average molecular weight is 207 g/mol. The van der Waals surface area contributed by atoms with Crippen LogP contribution in [0.3, 0.4) is 0 Å². The third kappa shape index (κ3) is 2.24. The molecule has 0 atom stereocenters. The summed E-state index contributed by atoms with van der Waals surface area (Å²) in [7, 11) is 0. The van der Waals surface area contributed by atoms with E-state index >= 15 is 0 Å². The Bertz CT molecular complexity index is 326. The normalized spacial score (nSPS) is 11.4. The Balaban J connectivity index is 3.09. The highest BCUT2D eigenvalue weighted by Gasteiger charge is 2.36. The molecule has 0 aromatic carbocycles. The molecule has 1 aromatic heterocycles. The van der Waals surface area contributed by atoms with E-state index in [0.29, 0.717) is 0 Å². The lowest BCUT2D eigenvalue weighted by molar-refractivity contribution is -0.140. The van der Waals surface area contributed by atoms with Gasteiger partial charge < -0.3 is 10.5 Å². The zero-order valence-corrected chi connectivity index (χ0v) is 7.30. The van der Waals surface area contributed by atoms with Crippen molar-refractivity contribution in [3.05, 3.63) is 11.9 Å². The van der Waals surface area contributed by atoms with Gasteiger partial charge in [-0.3, -0.25) is 0 Å². The Morgan fingerprint density at radius 2 is 2.14 bits per heavy atom. The highest BCUT2D eigenvalue weighted by Crippen LogP contribution is 2.31. The van der Waals surface area contributed by atoms with Gasteiger partial charge in [0.1, 0.15) is 0 Å². The molecule has 14 heavy (non-hydrogen) atoms. The van der Waals surface area contributed by atoms with Gasteiger partial charge in [-0.05, 0) is 6.92 Å². The van der Waals surface area contributed by atoms with Crippen LogP contribution < -0.4 is 10.5 Å². The summed E-state index contributed by atoms with van der Waals surface area (Å²) in [5.41, 5.74) is 3.80. The fraction of sp³-hybridized carbons (Fsp3) is 0.429. The van der Waals surface area contributed by atoms with Gasteiger partial charge in [-0.1, -0.05) is 0 Å². The maximum absolute atomic E-state index is 12.2. The van der Waals surface area contributed by atoms with Crippen LogP contribution in [0.1, 0.15) is 12.6 Å². The number of nitrogens with zero attached hydrogens (tertiary/aromatic N) is 2. The van der Waals surface area contributed by atoms with Gasteiger partial charge in [0.2, 0.25) is 5.88 Å². The number of nitrogen functional groups attached to an aromatic ring is 1. The summed E-state index contributed by atoms with van der Waals surface area (Å²) in [5.74, 6) is -0.838. The first-order chi connectivity index (χ1) is 6.45. The van der Waals surface area contributed by atoms with Crippen LogP contribution in [0.5, 0.6) is 5.88 Å². The van der Waals surface area contributed by atoms with Crippen LogP contribution in [0.2, 0.25) is 0 Å². The van der Waals surface area contributed by atoms with Gasteiger partial charge in [-0.15, -0.1) is 0 Å². The highest BCUT2D eigenvalue weighted by molar-refractivity contribution is 5.37. The molecule has 0 aliphatic carbocycles. The Hall–Kier alpha value is -1.53. The van der Waals surface area contributed by atoms with Crippen LogP contribution in [0, 0.1) is 0 Å². The number of aromatic nitrogens is 2. The molecule has 0 bridgehead atoms. The van der Waals surface area contributed by atoms with Crippen molar-refractivity contribution in [2.24, 2.45) is 0 Å². The largest absolute Gasteiger partial charge is 0.477 e. The van der Waals surface area contributed by atoms with Crippen LogP contribution in [0.4, 0.5) is 19.0 Å². The number of nitrogens with two attached hydrogens (primary N) is 1. The summed E-state index contributed by atoms with van der Waals surface area (Å²) >= 11 is 0. The summed E-state index contributed by atoms with van der Waals surface area (Å²) in [6, 6.07) is 0. The molecule has 0 aliphatic heterocycles. The summed E-state index contributed by atoms with van der Waals surface area (Å²) in [4.78, 5) is 6.53. The van der Waals surface area contributed by atoms with Crippen molar-refractivity contribution in [3.8, 4) is 5.88 Å². The minimum Gasteiger partial charge on any atom is -0.477 e. The molecule has 7 heteroatoms. The number of alkyl halides is 3. The highest BCUT2D eigenvalue weighted by atomic mass is 19.4. The number of hydrogen-bond donors (Lipinski definition) is 1. The minimum absolute atomic E-state index is 0.186. The number of hydrogen-bond acceptors (Lipinski definition) is 4. The van der Waals surface area contributed by atoms with Crippen LogP contribution >= 0.6 is 0 Å². The molecule has 78 valence electrons. The van der Waals surface area contributed by atoms with Crippen molar-refractivity contribution < 1.29 is 17.9 Å². The molecule has 0 radical (unpaired) electrons. The standard InChI is InChI=1S/C7H8F3N3O/c1-2-14-4-3-12-6(11)5(13-4)7(8,9)10/h3H,2H2,1H3,(H2,11,12). The molecule has 4 nitrogen and oxygen atoms in total. The first-order valence-corrected chi connectivity index (χ1v) is 3.77. The fourth-order valence-corrected chi connectivity index (χ4v) is 0.808. The Morgan fingerprint density at radius 1 is 1.50 bits per heavy atom. The van der Waals surface area contributed by atoms with Gasteiger partial charge in [-0.25, -0.2) is 9.97 Å². The summed E-state index contributed by atoms with van der Waals surface area (Å²) in [6.45, 7) is 1.85. The van der Waals surface area contributed by atoms with Gasteiger partial charge in [0.15, 0.2) is 11.5 Å². The third-order valence-electron chi connectivity index (χ3n) is 1.34. The van der Waals surface area contributed by atoms with Crippen molar-refractivity contribution in [3.63, 3.8) is 0 Å². The van der Waals surface area contributed by atoms with Crippen LogP contribution in [-0.2, 0) is 6.18 Å². The summed E-state index contributed by atoms with van der Waals surface area (Å²) in [5, 5.41) is 0. The SMILES string of the molecule is CCOc1cnc(N)c(C(F)(F)F)n1. The van der Waals surface area contributed by atoms with E-state index in [2.05, 4.69) is 9.97 Å². The molecule has 2 N–H and O–H groups in total. The lowest BCUT2D eigenvalue weighted by atomic mass is 10.4. The lowest BCUT2D eigenvalue weighted by Crippen LogP contribution is -2.14. The van der Waals surface area contributed by atoms with Gasteiger partial charge >= 0.3 is 6.18 Å². The number of halogens is 3. The third-order valence-corrected chi connectivity index (χ3v) is 1.34. The molecule has 1 aromatic rings. The van der Waals surface area contributed by atoms with Crippen LogP contribution in [-0.4, -0.2) is 16.6 Å². The Morgan fingerprint density at radius 3 is 2.64 bits per heavy atom. The molecule has 1 heterocycles. The molecule has 0 spiro atoms. The molecular weight excluding hydrogens is 199 g/mol. The molecule has 0 aliphatic rings. The summed E-state index contributed by atoms with van der Waals surface area (Å²) < 4.78 is 41.5. The molecule has 0 unspecified atom stereocenters. The molecular formula is C7H8F3N3O. The number of anilines is 1. The lowest BCUT2D eigenvalue weighted by Gasteiger charge is -2.09. The van der Waals surface area contributed by atoms with E-state index in [1.807, 2.05) is 0 Å². The maximum atomic E-state index is 12.2. The van der Waals surface area contributed by atoms with Crippen molar-refractivity contribution in [1.29, 1.82) is 0 Å². The van der Waals surface area contributed by atoms with Gasteiger partial charge in [0, 0.05) is 0 Å². The minimum atomic E-state index is -4.61. The zero-order chi connectivity index (χ0) is 10.8. The number of rotatable bonds is 2. The average Bonchev–Trinajstić information content (AvgIpc) is 2.07. The van der Waals surface area contributed by atoms with E-state index in [1.165, 1.54) is 0 Å². The predicted octanol–water partition coefficient (Wildman–Crippen LogP) is 1.48. The topological polar surface area (TPSA) is 61.0 Å². The number of ether oxygens (including phenoxy) is 1. The monoisotopic (exact) mass is 207 g/mol. The van der Waals surface area contributed by atoms with Crippen LogP contribution in [0.15, 0.2) is 6.20 Å². The second-order valence-electron chi connectivity index (χ2n) is 2.37. The van der Waals surface area contributed by atoms with E-state index in [9.17, 15) is 13.2 Å². The maximum Gasteiger partial charge on any atom is 0.437 e. The van der Waals surface area contributed by atoms with E-state index in [4.69, 9.17) is 10.5 Å². The van der Waals surface area contributed by atoms with Crippen molar-refractivity contribution in [1.82, 2.24) is 9.97 Å². The quantitative estimate of drug-likeness (QED) is 0.797. The van der Waals surface area contributed by atoms with E-state index < -0.39 is 17.7 Å². The fourth-order valence-electron chi connectivity index (χ4n) is 0.808. The van der Waals surface area contributed by atoms with Gasteiger partial charge in [-0.2, -0.15) is 13.2 Å². The van der Waals surface area contributed by atoms with Crippen LogP contribution in [0.25, 0.3) is 0 Å². The Kier molecular flexibility index (Phi) is 2.78. The first-order valence-electron chi connectivity index (χ1n) is 3.77. The second kappa shape index (κ2) is 3.69. The first kappa shape index (κ1) is 10.6. The summed E-state index contributed by atoms with van der Waals surface area (Å²) in [6.07, 6.45) is -3.56. The molecule has 0 saturated carbocycles. The molecule has 0 amide bonds. The second-order valence-corrected chi connectivity index (χ2v) is 2.37. The van der Waals surface area contributed by atoms with Gasteiger partial charge in [0.05, 0.1) is 12.8 Å². The molecule has 1 rings (SSSR count). The Labute approximate surface area is 77.9 Å². The van der Waals surface area contributed by atoms with Gasteiger partial charge in [0.25, 0.3) is 0 Å². The van der Waals surface area contributed by atoms with Crippen molar-refractivity contribution in [2.45, 2.75) is 13.1 Å². The smallest absolute Gasteiger partial charge is 0.437 e. The molecule has 0 saturated heterocycles. The molecule has 0 fully saturated rings.